The summed E-state index contributed by atoms with van der Waals surface area (Å²) >= 11 is 1.59. The summed E-state index contributed by atoms with van der Waals surface area (Å²) in [6, 6.07) is 9.08. The Morgan fingerprint density at radius 2 is 1.89 bits per heavy atom. The summed E-state index contributed by atoms with van der Waals surface area (Å²) in [7, 11) is 0. The van der Waals surface area contributed by atoms with Crippen LogP contribution in [0.15, 0.2) is 30.3 Å². The number of nitrogens with one attached hydrogen (secondary N) is 1. The van der Waals surface area contributed by atoms with Crippen LogP contribution in [-0.2, 0) is 25.5 Å². The van der Waals surface area contributed by atoms with Gasteiger partial charge in [0.05, 0.1) is 25.5 Å². The minimum atomic E-state index is -0.402. The van der Waals surface area contributed by atoms with Crippen LogP contribution in [0.4, 0.5) is 0 Å². The van der Waals surface area contributed by atoms with Gasteiger partial charge in [0, 0.05) is 31.8 Å². The lowest BCUT2D eigenvalue weighted by Gasteiger charge is -2.32. The number of thioether (sulfide) groups is 1. The lowest BCUT2D eigenvalue weighted by Crippen LogP contribution is -2.52. The number of amides is 3. The van der Waals surface area contributed by atoms with E-state index >= 15 is 0 Å². The van der Waals surface area contributed by atoms with Gasteiger partial charge in [-0.1, -0.05) is 30.3 Å². The lowest BCUT2D eigenvalue weighted by atomic mass is 10.1. The summed E-state index contributed by atoms with van der Waals surface area (Å²) in [5.41, 5.74) is 0.938. The second-order valence-electron chi connectivity index (χ2n) is 6.58. The van der Waals surface area contributed by atoms with Crippen molar-refractivity contribution in [2.75, 3.05) is 44.5 Å². The molecule has 146 valence electrons. The van der Waals surface area contributed by atoms with Crippen LogP contribution in [0.1, 0.15) is 12.0 Å². The summed E-state index contributed by atoms with van der Waals surface area (Å²) in [5, 5.41) is 2.79. The average molecular weight is 391 g/mol. The van der Waals surface area contributed by atoms with Crippen LogP contribution < -0.4 is 5.32 Å². The molecule has 1 N–H and O–H groups in total. The van der Waals surface area contributed by atoms with E-state index in [1.165, 1.54) is 0 Å². The molecular formula is C19H25N3O4S. The number of rotatable bonds is 6. The van der Waals surface area contributed by atoms with Gasteiger partial charge in [-0.15, -0.1) is 11.8 Å². The second kappa shape index (κ2) is 9.75. The molecule has 1 aromatic rings. The van der Waals surface area contributed by atoms with Gasteiger partial charge < -0.3 is 19.9 Å². The molecule has 7 nitrogen and oxygen atoms in total. The van der Waals surface area contributed by atoms with Gasteiger partial charge in [-0.25, -0.2) is 0 Å². The number of nitrogens with zero attached hydrogens (tertiary/aromatic N) is 2. The van der Waals surface area contributed by atoms with Crippen molar-refractivity contribution in [3.05, 3.63) is 35.9 Å². The lowest BCUT2D eigenvalue weighted by molar-refractivity contribution is -0.146. The monoisotopic (exact) mass is 391 g/mol. The highest BCUT2D eigenvalue weighted by Gasteiger charge is 2.37. The zero-order valence-electron chi connectivity index (χ0n) is 15.3. The number of morpholine rings is 1. The Kier molecular flexibility index (Phi) is 7.11. The molecule has 1 atom stereocenters. The fraction of sp³-hybridized carbons (Fsp3) is 0.526. The SMILES string of the molecule is O=C(Cc1ccccc1)NCCC(=O)N1CSCC1C(=O)N1CCOCC1. The van der Waals surface area contributed by atoms with Crippen LogP contribution in [-0.4, -0.2) is 78.0 Å². The van der Waals surface area contributed by atoms with E-state index < -0.39 is 6.04 Å². The van der Waals surface area contributed by atoms with Gasteiger partial charge in [0.1, 0.15) is 6.04 Å². The third-order valence-electron chi connectivity index (χ3n) is 4.68. The summed E-state index contributed by atoms with van der Waals surface area (Å²) in [4.78, 5) is 40.6. The smallest absolute Gasteiger partial charge is 0.246 e. The van der Waals surface area contributed by atoms with Gasteiger partial charge in [0.15, 0.2) is 0 Å². The minimum absolute atomic E-state index is 0.00441. The molecule has 0 bridgehead atoms. The standard InChI is InChI=1S/C19H25N3O4S/c23-17(12-15-4-2-1-3-5-15)20-7-6-18(24)22-14-27-13-16(22)19(25)21-8-10-26-11-9-21/h1-5,16H,6-14H2,(H,20,23). The van der Waals surface area contributed by atoms with Crippen molar-refractivity contribution in [3.8, 4) is 0 Å². The molecule has 2 aliphatic heterocycles. The van der Waals surface area contributed by atoms with E-state index in [-0.39, 0.29) is 30.7 Å². The van der Waals surface area contributed by atoms with Crippen molar-refractivity contribution >= 4 is 29.5 Å². The largest absolute Gasteiger partial charge is 0.378 e. The van der Waals surface area contributed by atoms with Crippen LogP contribution in [0.5, 0.6) is 0 Å². The summed E-state index contributed by atoms with van der Waals surface area (Å²) in [5.74, 6) is 0.960. The van der Waals surface area contributed by atoms with Crippen molar-refractivity contribution in [3.63, 3.8) is 0 Å². The van der Waals surface area contributed by atoms with Gasteiger partial charge in [0.25, 0.3) is 0 Å². The highest BCUT2D eigenvalue weighted by atomic mass is 32.2. The van der Waals surface area contributed by atoms with Crippen LogP contribution in [0, 0.1) is 0 Å². The molecule has 3 amide bonds. The number of carbonyl (C=O) groups excluding carboxylic acids is 3. The Bertz CT molecular complexity index is 664. The molecule has 0 saturated carbocycles. The Morgan fingerprint density at radius 3 is 2.63 bits per heavy atom. The topological polar surface area (TPSA) is 79.0 Å². The highest BCUT2D eigenvalue weighted by molar-refractivity contribution is 7.99. The Labute approximate surface area is 163 Å². The van der Waals surface area contributed by atoms with Gasteiger partial charge in [0.2, 0.25) is 17.7 Å². The summed E-state index contributed by atoms with van der Waals surface area (Å²) in [6.45, 7) is 2.54. The van der Waals surface area contributed by atoms with Crippen molar-refractivity contribution in [2.24, 2.45) is 0 Å². The molecule has 3 rings (SSSR count). The zero-order valence-corrected chi connectivity index (χ0v) is 16.1. The third kappa shape index (κ3) is 5.46. The Morgan fingerprint density at radius 1 is 1.15 bits per heavy atom. The van der Waals surface area contributed by atoms with E-state index in [0.717, 1.165) is 5.56 Å². The molecule has 27 heavy (non-hydrogen) atoms. The first-order chi connectivity index (χ1) is 13.1. The quantitative estimate of drug-likeness (QED) is 0.764. The predicted octanol–water partition coefficient (Wildman–Crippen LogP) is 0.496. The molecule has 1 unspecified atom stereocenters. The van der Waals surface area contributed by atoms with Crippen molar-refractivity contribution in [2.45, 2.75) is 18.9 Å². The number of hydrogen-bond acceptors (Lipinski definition) is 5. The molecule has 2 aliphatic rings. The third-order valence-corrected chi connectivity index (χ3v) is 5.69. The molecule has 0 radical (unpaired) electrons. The molecule has 0 aromatic heterocycles. The molecule has 1 aromatic carbocycles. The Hall–Kier alpha value is -2.06. The van der Waals surface area contributed by atoms with E-state index in [1.807, 2.05) is 30.3 Å². The number of hydrogen-bond donors (Lipinski definition) is 1. The maximum Gasteiger partial charge on any atom is 0.246 e. The first-order valence-electron chi connectivity index (χ1n) is 9.19. The van der Waals surface area contributed by atoms with Crippen molar-refractivity contribution in [1.82, 2.24) is 15.1 Å². The number of carbonyl (C=O) groups is 3. The molecule has 2 heterocycles. The summed E-state index contributed by atoms with van der Waals surface area (Å²) in [6.07, 6.45) is 0.501. The predicted molar refractivity (Wildman–Crippen MR) is 103 cm³/mol. The Balaban J connectivity index is 1.44. The van der Waals surface area contributed by atoms with Crippen LogP contribution in [0.25, 0.3) is 0 Å². The van der Waals surface area contributed by atoms with Gasteiger partial charge >= 0.3 is 0 Å². The first kappa shape index (κ1) is 19.7. The minimum Gasteiger partial charge on any atom is -0.378 e. The molecule has 0 spiro atoms. The molecule has 2 fully saturated rings. The van der Waals surface area contributed by atoms with Crippen LogP contribution >= 0.6 is 11.8 Å². The van der Waals surface area contributed by atoms with Crippen LogP contribution in [0.2, 0.25) is 0 Å². The van der Waals surface area contributed by atoms with E-state index in [2.05, 4.69) is 5.32 Å². The van der Waals surface area contributed by atoms with E-state index in [1.54, 1.807) is 21.6 Å². The van der Waals surface area contributed by atoms with E-state index in [4.69, 9.17) is 4.74 Å². The number of ether oxygens (including phenoxy) is 1. The normalized spacial score (nSPS) is 19.8. The maximum atomic E-state index is 12.7. The average Bonchev–Trinajstić information content (AvgIpc) is 3.18. The summed E-state index contributed by atoms with van der Waals surface area (Å²) < 4.78 is 5.29. The fourth-order valence-corrected chi connectivity index (χ4v) is 4.36. The van der Waals surface area contributed by atoms with Crippen molar-refractivity contribution < 1.29 is 19.1 Å². The van der Waals surface area contributed by atoms with Crippen molar-refractivity contribution in [1.29, 1.82) is 0 Å². The van der Waals surface area contributed by atoms with Gasteiger partial charge in [-0.2, -0.15) is 0 Å². The molecular weight excluding hydrogens is 366 g/mol. The highest BCUT2D eigenvalue weighted by Crippen LogP contribution is 2.23. The van der Waals surface area contributed by atoms with E-state index in [0.29, 0.717) is 44.4 Å². The van der Waals surface area contributed by atoms with Crippen LogP contribution in [0.3, 0.4) is 0 Å². The first-order valence-corrected chi connectivity index (χ1v) is 10.3. The second-order valence-corrected chi connectivity index (χ2v) is 7.58. The number of benzene rings is 1. The fourth-order valence-electron chi connectivity index (χ4n) is 3.18. The molecule has 8 heteroatoms. The maximum absolute atomic E-state index is 12.7. The zero-order chi connectivity index (χ0) is 19.1. The molecule has 0 aliphatic carbocycles. The van der Waals surface area contributed by atoms with E-state index in [9.17, 15) is 14.4 Å². The molecule has 2 saturated heterocycles. The van der Waals surface area contributed by atoms with Gasteiger partial charge in [-0.3, -0.25) is 14.4 Å². The van der Waals surface area contributed by atoms with Gasteiger partial charge in [-0.05, 0) is 5.56 Å².